The Kier molecular flexibility index (Phi) is 2.70. The van der Waals surface area contributed by atoms with Crippen molar-refractivity contribution in [3.05, 3.63) is 41.2 Å². The summed E-state index contributed by atoms with van der Waals surface area (Å²) in [5.41, 5.74) is 3.90. The van der Waals surface area contributed by atoms with E-state index < -0.39 is 0 Å². The van der Waals surface area contributed by atoms with Crippen LogP contribution in [0.4, 0.5) is 5.82 Å². The third-order valence-corrected chi connectivity index (χ3v) is 3.13. The minimum atomic E-state index is 0.637. The predicted molar refractivity (Wildman–Crippen MR) is 71.0 cm³/mol. The first kappa shape index (κ1) is 11.7. The summed E-state index contributed by atoms with van der Waals surface area (Å²) in [5, 5.41) is 11.6. The molecule has 0 aliphatic rings. The van der Waals surface area contributed by atoms with E-state index >= 15 is 0 Å². The van der Waals surface area contributed by atoms with Crippen LogP contribution in [0.25, 0.3) is 5.52 Å². The molecule has 19 heavy (non-hydrogen) atoms. The third-order valence-electron chi connectivity index (χ3n) is 3.13. The van der Waals surface area contributed by atoms with Crippen LogP contribution in [0.3, 0.4) is 0 Å². The van der Waals surface area contributed by atoms with Crippen LogP contribution in [-0.4, -0.2) is 19.8 Å². The maximum Gasteiger partial charge on any atom is 0.152 e. The van der Waals surface area contributed by atoms with Crippen molar-refractivity contribution in [1.82, 2.24) is 19.8 Å². The zero-order chi connectivity index (χ0) is 13.4. The lowest BCUT2D eigenvalue weighted by atomic mass is 10.2. The van der Waals surface area contributed by atoms with Gasteiger partial charge >= 0.3 is 0 Å². The predicted octanol–water partition coefficient (Wildman–Crippen LogP) is 2.25. The Labute approximate surface area is 110 Å². The van der Waals surface area contributed by atoms with Gasteiger partial charge in [-0.1, -0.05) is 5.16 Å². The number of nitrogens with zero attached hydrogens (tertiary/aromatic N) is 4. The van der Waals surface area contributed by atoms with E-state index in [1.807, 2.05) is 37.5 Å². The van der Waals surface area contributed by atoms with E-state index in [1.165, 1.54) is 0 Å². The summed E-state index contributed by atoms with van der Waals surface area (Å²) in [5.74, 6) is 1.64. The molecule has 98 valence electrons. The highest BCUT2D eigenvalue weighted by molar-refractivity contribution is 5.67. The zero-order valence-corrected chi connectivity index (χ0v) is 11.1. The van der Waals surface area contributed by atoms with Crippen LogP contribution in [0, 0.1) is 20.8 Å². The molecule has 3 rings (SSSR count). The summed E-state index contributed by atoms with van der Waals surface area (Å²) in [6.45, 7) is 6.45. The maximum absolute atomic E-state index is 5.15. The second-order valence-electron chi connectivity index (χ2n) is 4.55. The van der Waals surface area contributed by atoms with Gasteiger partial charge in [0.05, 0.1) is 11.4 Å². The van der Waals surface area contributed by atoms with Gasteiger partial charge in [-0.3, -0.25) is 0 Å². The first-order chi connectivity index (χ1) is 9.15. The molecule has 1 N–H and O–H groups in total. The topological polar surface area (TPSA) is 68.2 Å². The minimum Gasteiger partial charge on any atom is -0.364 e. The van der Waals surface area contributed by atoms with Crippen molar-refractivity contribution in [2.24, 2.45) is 0 Å². The first-order valence-corrected chi connectivity index (χ1v) is 6.12. The average Bonchev–Trinajstić information content (AvgIpc) is 2.90. The number of fused-ring (bicyclic) bond motifs is 1. The van der Waals surface area contributed by atoms with Crippen LogP contribution in [0.1, 0.15) is 22.7 Å². The third kappa shape index (κ3) is 2.05. The Morgan fingerprint density at radius 2 is 2.16 bits per heavy atom. The lowest BCUT2D eigenvalue weighted by Gasteiger charge is -2.06. The standard InChI is InChI=1S/C13H15N5O/c1-8-6-12-13(14-4-5-18(12)16-8)15-7-11-9(2)17-19-10(11)3/h4-6H,7H2,1-3H3,(H,14,15). The fraction of sp³-hybridized carbons (Fsp3) is 0.308. The highest BCUT2D eigenvalue weighted by Gasteiger charge is 2.10. The van der Waals surface area contributed by atoms with Crippen LogP contribution < -0.4 is 5.32 Å². The van der Waals surface area contributed by atoms with Gasteiger partial charge in [-0.25, -0.2) is 9.50 Å². The van der Waals surface area contributed by atoms with E-state index in [0.29, 0.717) is 6.54 Å². The van der Waals surface area contributed by atoms with Crippen molar-refractivity contribution in [3.8, 4) is 0 Å². The van der Waals surface area contributed by atoms with Gasteiger partial charge in [-0.15, -0.1) is 0 Å². The first-order valence-electron chi connectivity index (χ1n) is 6.12. The van der Waals surface area contributed by atoms with Gasteiger partial charge in [0.15, 0.2) is 5.82 Å². The Morgan fingerprint density at radius 1 is 1.32 bits per heavy atom. The van der Waals surface area contributed by atoms with Gasteiger partial charge in [0.1, 0.15) is 11.3 Å². The SMILES string of the molecule is Cc1cc2c(NCc3c(C)noc3C)nccn2n1. The smallest absolute Gasteiger partial charge is 0.152 e. The molecule has 6 nitrogen and oxygen atoms in total. The van der Waals surface area contributed by atoms with E-state index in [9.17, 15) is 0 Å². The molecular formula is C13H15N5O. The lowest BCUT2D eigenvalue weighted by molar-refractivity contribution is 0.392. The Bertz CT molecular complexity index is 708. The molecule has 0 aliphatic heterocycles. The maximum atomic E-state index is 5.15. The summed E-state index contributed by atoms with van der Waals surface area (Å²) in [6.07, 6.45) is 3.57. The number of hydrogen-bond donors (Lipinski definition) is 1. The monoisotopic (exact) mass is 257 g/mol. The molecule has 0 fully saturated rings. The van der Waals surface area contributed by atoms with Crippen LogP contribution in [0.15, 0.2) is 23.0 Å². The van der Waals surface area contributed by atoms with Crippen LogP contribution in [0.2, 0.25) is 0 Å². The summed E-state index contributed by atoms with van der Waals surface area (Å²) in [4.78, 5) is 4.36. The Morgan fingerprint density at radius 3 is 2.89 bits per heavy atom. The highest BCUT2D eigenvalue weighted by Crippen LogP contribution is 2.18. The van der Waals surface area contributed by atoms with Gasteiger partial charge in [0, 0.05) is 24.5 Å². The number of hydrogen-bond acceptors (Lipinski definition) is 5. The van der Waals surface area contributed by atoms with Gasteiger partial charge in [-0.2, -0.15) is 5.10 Å². The normalized spacial score (nSPS) is 11.1. The van der Waals surface area contributed by atoms with Crippen molar-refractivity contribution in [2.45, 2.75) is 27.3 Å². The van der Waals surface area contributed by atoms with Crippen LogP contribution in [0.5, 0.6) is 0 Å². The second kappa shape index (κ2) is 4.38. The number of anilines is 1. The molecule has 6 heteroatoms. The van der Waals surface area contributed by atoms with Crippen molar-refractivity contribution >= 4 is 11.3 Å². The molecule has 0 unspecified atom stereocenters. The molecule has 3 aromatic rings. The molecule has 0 saturated carbocycles. The molecular weight excluding hydrogens is 242 g/mol. The second-order valence-corrected chi connectivity index (χ2v) is 4.55. The van der Waals surface area contributed by atoms with E-state index in [4.69, 9.17) is 4.52 Å². The number of rotatable bonds is 3. The van der Waals surface area contributed by atoms with Gasteiger partial charge in [-0.05, 0) is 26.8 Å². The van der Waals surface area contributed by atoms with Crippen LogP contribution in [-0.2, 0) is 6.54 Å². The molecule has 3 aromatic heterocycles. The fourth-order valence-electron chi connectivity index (χ4n) is 2.11. The van der Waals surface area contributed by atoms with E-state index in [0.717, 1.165) is 34.0 Å². The van der Waals surface area contributed by atoms with Gasteiger partial charge < -0.3 is 9.84 Å². The molecule has 0 amide bonds. The largest absolute Gasteiger partial charge is 0.364 e. The van der Waals surface area contributed by atoms with E-state index in [1.54, 1.807) is 6.20 Å². The average molecular weight is 257 g/mol. The van der Waals surface area contributed by atoms with Crippen molar-refractivity contribution in [3.63, 3.8) is 0 Å². The number of aromatic nitrogens is 4. The number of nitrogens with one attached hydrogen (secondary N) is 1. The van der Waals surface area contributed by atoms with E-state index in [2.05, 4.69) is 20.6 Å². The van der Waals surface area contributed by atoms with Gasteiger partial charge in [0.2, 0.25) is 0 Å². The number of aryl methyl sites for hydroxylation is 3. The summed E-state index contributed by atoms with van der Waals surface area (Å²) in [7, 11) is 0. The minimum absolute atomic E-state index is 0.637. The van der Waals surface area contributed by atoms with Crippen molar-refractivity contribution in [2.75, 3.05) is 5.32 Å². The van der Waals surface area contributed by atoms with E-state index in [-0.39, 0.29) is 0 Å². The quantitative estimate of drug-likeness (QED) is 0.779. The lowest BCUT2D eigenvalue weighted by Crippen LogP contribution is -2.04. The molecule has 3 heterocycles. The Balaban J connectivity index is 1.90. The molecule has 0 spiro atoms. The van der Waals surface area contributed by atoms with Crippen molar-refractivity contribution in [1.29, 1.82) is 0 Å². The van der Waals surface area contributed by atoms with Crippen molar-refractivity contribution < 1.29 is 4.52 Å². The van der Waals surface area contributed by atoms with Crippen LogP contribution >= 0.6 is 0 Å². The highest BCUT2D eigenvalue weighted by atomic mass is 16.5. The molecule has 0 atom stereocenters. The fourth-order valence-corrected chi connectivity index (χ4v) is 2.11. The molecule has 0 aromatic carbocycles. The molecule has 0 bridgehead atoms. The molecule has 0 radical (unpaired) electrons. The molecule has 0 saturated heterocycles. The molecule has 0 aliphatic carbocycles. The summed E-state index contributed by atoms with van der Waals surface area (Å²) < 4.78 is 6.96. The Hall–Kier alpha value is -2.37. The zero-order valence-electron chi connectivity index (χ0n) is 11.1. The van der Waals surface area contributed by atoms with Gasteiger partial charge in [0.25, 0.3) is 0 Å². The summed E-state index contributed by atoms with van der Waals surface area (Å²) >= 11 is 0. The summed E-state index contributed by atoms with van der Waals surface area (Å²) in [6, 6.07) is 2.00.